The Morgan fingerprint density at radius 3 is 2.60 bits per heavy atom. The number of methoxy groups -OCH3 is 2. The van der Waals surface area contributed by atoms with Crippen LogP contribution in [0.4, 0.5) is 5.69 Å². The maximum absolute atomic E-state index is 13.0. The van der Waals surface area contributed by atoms with Crippen LogP contribution in [0.25, 0.3) is 10.9 Å². The number of amides is 1. The molecule has 0 saturated heterocycles. The zero-order valence-corrected chi connectivity index (χ0v) is 20.5. The normalized spacial score (nSPS) is 10.9. The molecular formula is C27H27N3O4S. The number of aromatic amines is 1. The molecule has 0 atom stereocenters. The topological polar surface area (TPSA) is 85.3 Å². The number of fused-ring (bicyclic) bond motifs is 1. The Labute approximate surface area is 208 Å². The number of nitrogens with one attached hydrogen (secondary N) is 2. The Kier molecular flexibility index (Phi) is 7.74. The lowest BCUT2D eigenvalue weighted by molar-refractivity contribution is 0.102. The van der Waals surface area contributed by atoms with E-state index in [2.05, 4.69) is 22.4 Å². The molecule has 2 N–H and O–H groups in total. The molecule has 4 aromatic rings. The van der Waals surface area contributed by atoms with E-state index in [-0.39, 0.29) is 11.5 Å². The summed E-state index contributed by atoms with van der Waals surface area (Å²) in [6, 6.07) is 20.6. The Morgan fingerprint density at radius 2 is 1.86 bits per heavy atom. The highest BCUT2D eigenvalue weighted by Crippen LogP contribution is 2.26. The van der Waals surface area contributed by atoms with E-state index in [1.54, 1.807) is 38.5 Å². The maximum atomic E-state index is 13.0. The molecule has 0 aliphatic heterocycles. The molecule has 0 aliphatic carbocycles. The number of nitrogens with zero attached hydrogens (tertiary/aromatic N) is 1. The molecule has 8 heteroatoms. The predicted molar refractivity (Wildman–Crippen MR) is 140 cm³/mol. The summed E-state index contributed by atoms with van der Waals surface area (Å²) in [6.45, 7) is 1.000. The smallest absolute Gasteiger partial charge is 0.262 e. The second-order valence-electron chi connectivity index (χ2n) is 8.14. The third-order valence-electron chi connectivity index (χ3n) is 5.75. The van der Waals surface area contributed by atoms with Gasteiger partial charge in [0, 0.05) is 43.5 Å². The SMILES string of the molecule is COCCCn1c(=S)[nH]c2cc(C(=O)Nc3ccc(OC)c(Cc4ccccc4)c3)ccc2c1=O. The van der Waals surface area contributed by atoms with E-state index < -0.39 is 0 Å². The van der Waals surface area contributed by atoms with Crippen LogP contribution in [0.2, 0.25) is 0 Å². The predicted octanol–water partition coefficient (Wildman–Crippen LogP) is 4.95. The third-order valence-corrected chi connectivity index (χ3v) is 6.07. The summed E-state index contributed by atoms with van der Waals surface area (Å²) in [6.07, 6.45) is 1.35. The summed E-state index contributed by atoms with van der Waals surface area (Å²) < 4.78 is 12.4. The van der Waals surface area contributed by atoms with Gasteiger partial charge in [-0.15, -0.1) is 0 Å². The lowest BCUT2D eigenvalue weighted by Gasteiger charge is -2.13. The molecule has 0 unspecified atom stereocenters. The number of carbonyl (C=O) groups is 1. The average molecular weight is 490 g/mol. The number of benzene rings is 3. The van der Waals surface area contributed by atoms with Gasteiger partial charge in [0.05, 0.1) is 18.0 Å². The van der Waals surface area contributed by atoms with Crippen molar-refractivity contribution in [3.05, 3.63) is 98.5 Å². The molecule has 1 heterocycles. The fourth-order valence-electron chi connectivity index (χ4n) is 3.98. The van der Waals surface area contributed by atoms with Crippen molar-refractivity contribution >= 4 is 34.7 Å². The minimum absolute atomic E-state index is 0.187. The fraction of sp³-hybridized carbons (Fsp3) is 0.222. The largest absolute Gasteiger partial charge is 0.496 e. The summed E-state index contributed by atoms with van der Waals surface area (Å²) in [5, 5.41) is 3.42. The number of aromatic nitrogens is 2. The van der Waals surface area contributed by atoms with Crippen LogP contribution in [0.5, 0.6) is 5.75 Å². The molecule has 0 radical (unpaired) electrons. The molecule has 3 aromatic carbocycles. The molecule has 1 aromatic heterocycles. The first-order valence-corrected chi connectivity index (χ1v) is 11.7. The van der Waals surface area contributed by atoms with Crippen molar-refractivity contribution < 1.29 is 14.3 Å². The van der Waals surface area contributed by atoms with E-state index in [1.165, 1.54) is 4.57 Å². The van der Waals surface area contributed by atoms with Crippen molar-refractivity contribution in [1.82, 2.24) is 9.55 Å². The summed E-state index contributed by atoms with van der Waals surface area (Å²) in [4.78, 5) is 29.0. The quantitative estimate of drug-likeness (QED) is 0.257. The molecule has 4 rings (SSSR count). The third kappa shape index (κ3) is 5.67. The van der Waals surface area contributed by atoms with Crippen LogP contribution >= 0.6 is 12.2 Å². The van der Waals surface area contributed by atoms with Gasteiger partial charge in [-0.3, -0.25) is 14.2 Å². The zero-order chi connectivity index (χ0) is 24.8. The van der Waals surface area contributed by atoms with Crippen LogP contribution in [0.3, 0.4) is 0 Å². The second kappa shape index (κ2) is 11.1. The van der Waals surface area contributed by atoms with Crippen LogP contribution in [-0.4, -0.2) is 36.3 Å². The van der Waals surface area contributed by atoms with Crippen LogP contribution in [0, 0.1) is 4.77 Å². The van der Waals surface area contributed by atoms with E-state index in [1.807, 2.05) is 30.3 Å². The molecule has 0 aliphatic rings. The number of rotatable bonds is 9. The molecule has 0 spiro atoms. The number of carbonyl (C=O) groups excluding carboxylic acids is 1. The summed E-state index contributed by atoms with van der Waals surface area (Å²) >= 11 is 5.38. The van der Waals surface area contributed by atoms with Crippen molar-refractivity contribution in [2.45, 2.75) is 19.4 Å². The van der Waals surface area contributed by atoms with Gasteiger partial charge in [-0.25, -0.2) is 0 Å². The van der Waals surface area contributed by atoms with Gasteiger partial charge in [0.25, 0.3) is 11.5 Å². The molecule has 35 heavy (non-hydrogen) atoms. The number of ether oxygens (including phenoxy) is 2. The molecule has 7 nitrogen and oxygen atoms in total. The highest BCUT2D eigenvalue weighted by Gasteiger charge is 2.12. The fourth-order valence-corrected chi connectivity index (χ4v) is 4.26. The van der Waals surface area contributed by atoms with Crippen molar-refractivity contribution in [2.24, 2.45) is 0 Å². The lowest BCUT2D eigenvalue weighted by Crippen LogP contribution is -2.23. The molecule has 1 amide bonds. The van der Waals surface area contributed by atoms with Gasteiger partial charge in [-0.05, 0) is 60.6 Å². The zero-order valence-electron chi connectivity index (χ0n) is 19.7. The maximum Gasteiger partial charge on any atom is 0.262 e. The minimum Gasteiger partial charge on any atom is -0.496 e. The summed E-state index contributed by atoms with van der Waals surface area (Å²) in [5.74, 6) is 0.471. The summed E-state index contributed by atoms with van der Waals surface area (Å²) in [7, 11) is 3.25. The number of hydrogen-bond acceptors (Lipinski definition) is 5. The van der Waals surface area contributed by atoms with Crippen molar-refractivity contribution in [1.29, 1.82) is 0 Å². The Hall–Kier alpha value is -3.75. The Bertz CT molecular complexity index is 1460. The first-order chi connectivity index (χ1) is 17.0. The van der Waals surface area contributed by atoms with Gasteiger partial charge in [0.2, 0.25) is 0 Å². The molecule has 0 saturated carbocycles. The van der Waals surface area contributed by atoms with E-state index in [4.69, 9.17) is 21.7 Å². The van der Waals surface area contributed by atoms with Gasteiger partial charge in [-0.1, -0.05) is 30.3 Å². The molecule has 180 valence electrons. The number of hydrogen-bond donors (Lipinski definition) is 2. The van der Waals surface area contributed by atoms with Crippen LogP contribution < -0.4 is 15.6 Å². The van der Waals surface area contributed by atoms with Crippen molar-refractivity contribution in [2.75, 3.05) is 26.1 Å². The number of anilines is 1. The van der Waals surface area contributed by atoms with E-state index in [9.17, 15) is 9.59 Å². The summed E-state index contributed by atoms with van der Waals surface area (Å²) in [5.41, 5.74) is 3.52. The number of H-pyrrole nitrogens is 1. The van der Waals surface area contributed by atoms with Crippen LogP contribution in [-0.2, 0) is 17.7 Å². The highest BCUT2D eigenvalue weighted by molar-refractivity contribution is 7.71. The molecule has 0 fully saturated rings. The van der Waals surface area contributed by atoms with Gasteiger partial charge in [-0.2, -0.15) is 0 Å². The highest BCUT2D eigenvalue weighted by atomic mass is 32.1. The Balaban J connectivity index is 1.57. The van der Waals surface area contributed by atoms with Crippen LogP contribution in [0.15, 0.2) is 71.5 Å². The van der Waals surface area contributed by atoms with Crippen molar-refractivity contribution in [3.63, 3.8) is 0 Å². The lowest BCUT2D eigenvalue weighted by atomic mass is 10.0. The van der Waals surface area contributed by atoms with E-state index >= 15 is 0 Å². The second-order valence-corrected chi connectivity index (χ2v) is 8.52. The van der Waals surface area contributed by atoms with Gasteiger partial charge >= 0.3 is 0 Å². The molecular weight excluding hydrogens is 462 g/mol. The van der Waals surface area contributed by atoms with Gasteiger partial charge < -0.3 is 19.8 Å². The Morgan fingerprint density at radius 1 is 1.06 bits per heavy atom. The monoisotopic (exact) mass is 489 g/mol. The van der Waals surface area contributed by atoms with Crippen LogP contribution in [0.1, 0.15) is 27.9 Å². The van der Waals surface area contributed by atoms with Gasteiger partial charge in [0.15, 0.2) is 4.77 Å². The van der Waals surface area contributed by atoms with E-state index in [0.717, 1.165) is 16.9 Å². The first kappa shape index (κ1) is 24.4. The standard InChI is InChI=1S/C27H27N3O4S/c1-33-14-6-13-30-26(32)22-11-9-19(17-23(22)29-27(30)35)25(31)28-21-10-12-24(34-2)20(16-21)15-18-7-4-3-5-8-18/h3-5,7-12,16-17H,6,13-15H2,1-2H3,(H,28,31)(H,29,35). The molecule has 0 bridgehead atoms. The minimum atomic E-state index is -0.286. The van der Waals surface area contributed by atoms with Crippen molar-refractivity contribution in [3.8, 4) is 5.75 Å². The average Bonchev–Trinajstić information content (AvgIpc) is 2.86. The van der Waals surface area contributed by atoms with Gasteiger partial charge in [0.1, 0.15) is 5.75 Å². The first-order valence-electron chi connectivity index (χ1n) is 11.3. The van der Waals surface area contributed by atoms with E-state index in [0.29, 0.717) is 52.9 Å².